The summed E-state index contributed by atoms with van der Waals surface area (Å²) in [6.45, 7) is 0.819. The van der Waals surface area contributed by atoms with Crippen LogP contribution >= 0.6 is 0 Å². The molecule has 3 N–H and O–H groups in total. The monoisotopic (exact) mass is 300 g/mol. The number of hydrogen-bond acceptors (Lipinski definition) is 2. The van der Waals surface area contributed by atoms with E-state index >= 15 is 0 Å². The van der Waals surface area contributed by atoms with Crippen LogP contribution in [0.1, 0.15) is 37.7 Å². The fourth-order valence-electron chi connectivity index (χ4n) is 3.47. The SMILES string of the molecule is O=C(O)C(Cc1c[nH]c2ccccc12)NCC1CCCCC1. The lowest BCUT2D eigenvalue weighted by atomic mass is 9.89. The lowest BCUT2D eigenvalue weighted by molar-refractivity contribution is -0.139. The summed E-state index contributed by atoms with van der Waals surface area (Å²) in [5.41, 5.74) is 2.13. The Hall–Kier alpha value is -1.81. The number of hydrogen-bond donors (Lipinski definition) is 3. The molecule has 1 aromatic heterocycles. The lowest BCUT2D eigenvalue weighted by Crippen LogP contribution is -2.41. The summed E-state index contributed by atoms with van der Waals surface area (Å²) in [5, 5.41) is 13.9. The number of rotatable bonds is 6. The molecule has 0 aliphatic heterocycles. The zero-order chi connectivity index (χ0) is 15.4. The van der Waals surface area contributed by atoms with Crippen LogP contribution in [0.3, 0.4) is 0 Å². The van der Waals surface area contributed by atoms with Crippen LogP contribution in [0.15, 0.2) is 30.5 Å². The first-order chi connectivity index (χ1) is 10.7. The third-order valence-electron chi connectivity index (χ3n) is 4.77. The highest BCUT2D eigenvalue weighted by atomic mass is 16.4. The molecule has 1 aliphatic carbocycles. The van der Waals surface area contributed by atoms with Crippen LogP contribution in [0.25, 0.3) is 10.9 Å². The summed E-state index contributed by atoms with van der Waals surface area (Å²) >= 11 is 0. The van der Waals surface area contributed by atoms with Gasteiger partial charge in [-0.3, -0.25) is 4.79 Å². The number of fused-ring (bicyclic) bond motifs is 1. The van der Waals surface area contributed by atoms with Gasteiger partial charge in [-0.05, 0) is 36.9 Å². The summed E-state index contributed by atoms with van der Waals surface area (Å²) in [6, 6.07) is 7.52. The minimum absolute atomic E-state index is 0.513. The molecule has 1 saturated carbocycles. The van der Waals surface area contributed by atoms with Gasteiger partial charge in [0.05, 0.1) is 0 Å². The molecule has 0 amide bonds. The molecule has 0 saturated heterocycles. The van der Waals surface area contributed by atoms with E-state index < -0.39 is 12.0 Å². The molecule has 3 rings (SSSR count). The van der Waals surface area contributed by atoms with Crippen molar-refractivity contribution in [1.82, 2.24) is 10.3 Å². The maximum absolute atomic E-state index is 11.6. The summed E-state index contributed by atoms with van der Waals surface area (Å²) in [4.78, 5) is 14.8. The van der Waals surface area contributed by atoms with Gasteiger partial charge in [0.15, 0.2) is 0 Å². The number of aliphatic carboxylic acids is 1. The maximum atomic E-state index is 11.6. The number of carboxylic acids is 1. The third kappa shape index (κ3) is 3.50. The molecular formula is C18H24N2O2. The van der Waals surface area contributed by atoms with Gasteiger partial charge in [-0.15, -0.1) is 0 Å². The van der Waals surface area contributed by atoms with Crippen LogP contribution in [0.5, 0.6) is 0 Å². The number of aromatic nitrogens is 1. The smallest absolute Gasteiger partial charge is 0.321 e. The Kier molecular flexibility index (Phi) is 4.78. The third-order valence-corrected chi connectivity index (χ3v) is 4.77. The normalized spacial score (nSPS) is 17.6. The Labute approximate surface area is 130 Å². The fraction of sp³-hybridized carbons (Fsp3) is 0.500. The molecule has 1 aliphatic rings. The van der Waals surface area contributed by atoms with Crippen LogP contribution in [0.2, 0.25) is 0 Å². The molecule has 1 heterocycles. The summed E-state index contributed by atoms with van der Waals surface area (Å²) in [5.74, 6) is -0.125. The van der Waals surface area contributed by atoms with Crippen molar-refractivity contribution in [1.29, 1.82) is 0 Å². The van der Waals surface area contributed by atoms with Crippen LogP contribution in [-0.2, 0) is 11.2 Å². The summed E-state index contributed by atoms with van der Waals surface area (Å²) < 4.78 is 0. The van der Waals surface area contributed by atoms with Crippen LogP contribution < -0.4 is 5.32 Å². The topological polar surface area (TPSA) is 65.1 Å². The Bertz CT molecular complexity index is 629. The first kappa shape index (κ1) is 15.1. The number of nitrogens with one attached hydrogen (secondary N) is 2. The van der Waals surface area contributed by atoms with Crippen molar-refractivity contribution in [3.8, 4) is 0 Å². The highest BCUT2D eigenvalue weighted by Crippen LogP contribution is 2.23. The second-order valence-electron chi connectivity index (χ2n) is 6.37. The van der Waals surface area contributed by atoms with E-state index in [9.17, 15) is 9.90 Å². The average molecular weight is 300 g/mol. The quantitative estimate of drug-likeness (QED) is 0.766. The molecule has 2 aromatic rings. The molecule has 22 heavy (non-hydrogen) atoms. The predicted octanol–water partition coefficient (Wildman–Crippen LogP) is 3.33. The van der Waals surface area contributed by atoms with E-state index in [-0.39, 0.29) is 0 Å². The van der Waals surface area contributed by atoms with Crippen LogP contribution in [0.4, 0.5) is 0 Å². The van der Waals surface area contributed by atoms with Crippen LogP contribution in [0, 0.1) is 5.92 Å². The molecule has 1 fully saturated rings. The maximum Gasteiger partial charge on any atom is 0.321 e. The number of carbonyl (C=O) groups is 1. The molecule has 4 heteroatoms. The van der Waals surface area contributed by atoms with Gasteiger partial charge in [0, 0.05) is 23.5 Å². The van der Waals surface area contributed by atoms with Gasteiger partial charge in [-0.25, -0.2) is 0 Å². The largest absolute Gasteiger partial charge is 0.480 e. The average Bonchev–Trinajstić information content (AvgIpc) is 2.95. The first-order valence-corrected chi connectivity index (χ1v) is 8.25. The standard InChI is InChI=1S/C18H24N2O2/c21-18(22)17(19-11-13-6-2-1-3-7-13)10-14-12-20-16-9-5-4-8-15(14)16/h4-5,8-9,12-13,17,19-20H,1-3,6-7,10-11H2,(H,21,22). The molecule has 1 aromatic carbocycles. The zero-order valence-electron chi connectivity index (χ0n) is 12.8. The van der Waals surface area contributed by atoms with Crippen molar-refractivity contribution in [3.05, 3.63) is 36.0 Å². The van der Waals surface area contributed by atoms with E-state index in [2.05, 4.69) is 10.3 Å². The number of carboxylic acid groups (broad SMARTS) is 1. The molecule has 0 radical (unpaired) electrons. The Morgan fingerprint density at radius 3 is 2.82 bits per heavy atom. The minimum Gasteiger partial charge on any atom is -0.480 e. The zero-order valence-corrected chi connectivity index (χ0v) is 12.8. The van der Waals surface area contributed by atoms with E-state index in [1.165, 1.54) is 32.1 Å². The van der Waals surface area contributed by atoms with Crippen molar-refractivity contribution in [2.24, 2.45) is 5.92 Å². The Morgan fingerprint density at radius 2 is 2.05 bits per heavy atom. The summed E-state index contributed by atoms with van der Waals surface area (Å²) in [7, 11) is 0. The van der Waals surface area contributed by atoms with E-state index in [0.29, 0.717) is 12.3 Å². The molecule has 0 bridgehead atoms. The second kappa shape index (κ2) is 6.97. The molecule has 118 valence electrons. The van der Waals surface area contributed by atoms with Crippen molar-refractivity contribution in [2.75, 3.05) is 6.54 Å². The van der Waals surface area contributed by atoms with Crippen molar-refractivity contribution >= 4 is 16.9 Å². The lowest BCUT2D eigenvalue weighted by Gasteiger charge is -2.24. The molecule has 4 nitrogen and oxygen atoms in total. The number of aromatic amines is 1. The van der Waals surface area contributed by atoms with Crippen molar-refractivity contribution in [2.45, 2.75) is 44.6 Å². The van der Waals surface area contributed by atoms with Crippen molar-refractivity contribution < 1.29 is 9.90 Å². The highest BCUT2D eigenvalue weighted by Gasteiger charge is 2.21. The highest BCUT2D eigenvalue weighted by molar-refractivity contribution is 5.84. The van der Waals surface area contributed by atoms with Gasteiger partial charge in [0.25, 0.3) is 0 Å². The summed E-state index contributed by atoms with van der Waals surface area (Å²) in [6.07, 6.45) is 8.81. The van der Waals surface area contributed by atoms with Gasteiger partial charge < -0.3 is 15.4 Å². The van der Waals surface area contributed by atoms with Gasteiger partial charge >= 0.3 is 5.97 Å². The molecular weight excluding hydrogens is 276 g/mol. The fourth-order valence-corrected chi connectivity index (χ4v) is 3.47. The van der Waals surface area contributed by atoms with Gasteiger partial charge in [-0.2, -0.15) is 0 Å². The van der Waals surface area contributed by atoms with Gasteiger partial charge in [0.1, 0.15) is 6.04 Å². The van der Waals surface area contributed by atoms with E-state index in [1.54, 1.807) is 0 Å². The van der Waals surface area contributed by atoms with Crippen LogP contribution in [-0.4, -0.2) is 28.6 Å². The van der Waals surface area contributed by atoms with Gasteiger partial charge in [0.2, 0.25) is 0 Å². The molecule has 1 unspecified atom stereocenters. The Balaban J connectivity index is 1.65. The molecule has 0 spiro atoms. The number of benzene rings is 1. The Morgan fingerprint density at radius 1 is 1.27 bits per heavy atom. The van der Waals surface area contributed by atoms with E-state index in [1.807, 2.05) is 30.5 Å². The minimum atomic E-state index is -0.763. The predicted molar refractivity (Wildman–Crippen MR) is 88.0 cm³/mol. The van der Waals surface area contributed by atoms with Crippen molar-refractivity contribution in [3.63, 3.8) is 0 Å². The number of para-hydroxylation sites is 1. The second-order valence-corrected chi connectivity index (χ2v) is 6.37. The van der Waals surface area contributed by atoms with E-state index in [4.69, 9.17) is 0 Å². The molecule has 1 atom stereocenters. The number of H-pyrrole nitrogens is 1. The van der Waals surface area contributed by atoms with E-state index in [0.717, 1.165) is 23.0 Å². The first-order valence-electron chi connectivity index (χ1n) is 8.25. The van der Waals surface area contributed by atoms with Gasteiger partial charge in [-0.1, -0.05) is 37.5 Å².